The Hall–Kier alpha value is 0.868. The van der Waals surface area contributed by atoms with Crippen molar-refractivity contribution in [1.82, 2.24) is 0 Å². The Morgan fingerprint density at radius 2 is 0.818 bits per heavy atom. The van der Waals surface area contributed by atoms with Crippen LogP contribution < -0.4 is 0 Å². The molecule has 65 valence electrons. The fraction of sp³-hybridized carbons (Fsp3) is 1.00. The Morgan fingerprint density at radius 3 is 0.818 bits per heavy atom. The molecule has 0 aromatic carbocycles. The van der Waals surface area contributed by atoms with Crippen molar-refractivity contribution in [3.05, 3.63) is 0 Å². The van der Waals surface area contributed by atoms with Gasteiger partial charge in [-0.15, -0.1) is 0 Å². The molecule has 0 saturated carbocycles. The number of hydrogen-bond acceptors (Lipinski definition) is 0. The second-order valence-electron chi connectivity index (χ2n) is 4.12. The van der Waals surface area contributed by atoms with Crippen LogP contribution in [0.4, 0.5) is 0 Å². The molecular weight excluding hydrogens is 196 g/mol. The highest BCUT2D eigenvalue weighted by Gasteiger charge is 2.39. The van der Waals surface area contributed by atoms with Gasteiger partial charge in [-0.2, -0.15) is 0 Å². The molecule has 0 aromatic heterocycles. The molecular formula is C7H21Si4. The average Bonchev–Trinajstić information content (AvgIpc) is 1.84. The van der Waals surface area contributed by atoms with Crippen LogP contribution in [0.3, 0.4) is 0 Å². The molecule has 11 heavy (non-hydrogen) atoms. The normalized spacial score (nSPS) is 13.6. The lowest BCUT2D eigenvalue weighted by atomic mass is 11.9. The van der Waals surface area contributed by atoms with Crippen LogP contribution >= 0.6 is 0 Å². The molecule has 0 spiro atoms. The third kappa shape index (κ3) is 2.40. The lowest BCUT2D eigenvalue weighted by Crippen LogP contribution is -2.64. The van der Waals surface area contributed by atoms with Crippen LogP contribution in [0.1, 0.15) is 0 Å². The second-order valence-corrected chi connectivity index (χ2v) is 34.9. The minimum Gasteiger partial charge on any atom is -0.0752 e. The highest BCUT2D eigenvalue weighted by atomic mass is 29.9. The van der Waals surface area contributed by atoms with E-state index in [4.69, 9.17) is 0 Å². The quantitative estimate of drug-likeness (QED) is 0.638. The zero-order valence-electron chi connectivity index (χ0n) is 9.00. The summed E-state index contributed by atoms with van der Waals surface area (Å²) in [4.78, 5) is 0. The topological polar surface area (TPSA) is 0 Å². The van der Waals surface area contributed by atoms with Crippen molar-refractivity contribution in [3.8, 4) is 0 Å². The fourth-order valence-electron chi connectivity index (χ4n) is 1.50. The Morgan fingerprint density at radius 1 is 0.636 bits per heavy atom. The van der Waals surface area contributed by atoms with Crippen LogP contribution in [0.15, 0.2) is 0 Å². The maximum atomic E-state index is 2.68. The molecule has 0 amide bonds. The molecule has 0 bridgehead atoms. The van der Waals surface area contributed by atoms with Gasteiger partial charge in [0.25, 0.3) is 0 Å². The molecule has 0 aromatic rings. The van der Waals surface area contributed by atoms with E-state index in [9.17, 15) is 0 Å². The van der Waals surface area contributed by atoms with Gasteiger partial charge in [-0.3, -0.25) is 0 Å². The highest BCUT2D eigenvalue weighted by Crippen LogP contribution is 2.15. The summed E-state index contributed by atoms with van der Waals surface area (Å²) in [5, 5.41) is 0. The molecule has 0 nitrogen and oxygen atoms in total. The summed E-state index contributed by atoms with van der Waals surface area (Å²) < 4.78 is 0. The average molecular weight is 218 g/mol. The van der Waals surface area contributed by atoms with E-state index in [0.29, 0.717) is 0 Å². The molecule has 0 fully saturated rings. The van der Waals surface area contributed by atoms with Crippen molar-refractivity contribution in [3.63, 3.8) is 0 Å². The van der Waals surface area contributed by atoms with Gasteiger partial charge in [0.2, 0.25) is 0 Å². The predicted molar refractivity (Wildman–Crippen MR) is 64.1 cm³/mol. The van der Waals surface area contributed by atoms with E-state index < -0.39 is 6.63 Å². The molecule has 4 heteroatoms. The molecule has 0 heterocycles. The summed E-state index contributed by atoms with van der Waals surface area (Å²) in [6.45, 7) is 17.3. The second kappa shape index (κ2) is 4.20. The summed E-state index contributed by atoms with van der Waals surface area (Å²) in [6.07, 6.45) is 0. The Balaban J connectivity index is 4.53. The third-order valence-electron chi connectivity index (χ3n) is 3.00. The minimum absolute atomic E-state index is 0.0589. The Labute approximate surface area is 77.6 Å². The summed E-state index contributed by atoms with van der Waals surface area (Å²) in [5.74, 6) is 0. The van der Waals surface area contributed by atoms with Gasteiger partial charge in [0.05, 0.1) is 0 Å². The predicted octanol–water partition coefficient (Wildman–Crippen LogP) is 2.56. The first-order valence-corrected chi connectivity index (χ1v) is 17.2. The van der Waals surface area contributed by atoms with E-state index in [1.807, 2.05) is 0 Å². The Bertz CT molecular complexity index is 97.8. The summed E-state index contributed by atoms with van der Waals surface area (Å²) in [5.41, 5.74) is 0. The van der Waals surface area contributed by atoms with Crippen LogP contribution in [-0.2, 0) is 0 Å². The van der Waals surface area contributed by atoms with E-state index >= 15 is 0 Å². The first kappa shape index (κ1) is 11.9. The van der Waals surface area contributed by atoms with Crippen molar-refractivity contribution >= 4 is 31.6 Å². The van der Waals surface area contributed by atoms with Crippen LogP contribution in [-0.4, -0.2) is 31.6 Å². The van der Waals surface area contributed by atoms with Crippen molar-refractivity contribution in [2.75, 3.05) is 0 Å². The van der Waals surface area contributed by atoms with Gasteiger partial charge in [-0.25, -0.2) is 0 Å². The van der Waals surface area contributed by atoms with Gasteiger partial charge in [-0.05, 0) is 0 Å². The lowest BCUT2D eigenvalue weighted by molar-refractivity contribution is 1.93. The minimum atomic E-state index is -0.676. The molecule has 0 aliphatic heterocycles. The molecule has 0 rings (SSSR count). The van der Waals surface area contributed by atoms with Crippen LogP contribution in [0.2, 0.25) is 45.8 Å². The highest BCUT2D eigenvalue weighted by molar-refractivity contribution is 7.79. The molecule has 0 atom stereocenters. The molecule has 0 unspecified atom stereocenters. The SMILES string of the molecule is C[Si](C)[Si](C)([Si](C)C)[Si](C)C. The first-order valence-electron chi connectivity index (χ1n) is 4.25. The van der Waals surface area contributed by atoms with E-state index in [0.717, 1.165) is 0 Å². The summed E-state index contributed by atoms with van der Waals surface area (Å²) in [7, 11) is 0.177. The van der Waals surface area contributed by atoms with Crippen molar-refractivity contribution in [1.29, 1.82) is 0 Å². The fourth-order valence-corrected chi connectivity index (χ4v) is 40.5. The van der Waals surface area contributed by atoms with Gasteiger partial charge in [-0.1, -0.05) is 45.8 Å². The summed E-state index contributed by atoms with van der Waals surface area (Å²) in [6, 6.07) is 0. The van der Waals surface area contributed by atoms with E-state index in [1.165, 1.54) is 0 Å². The van der Waals surface area contributed by atoms with Gasteiger partial charge in [0.15, 0.2) is 0 Å². The van der Waals surface area contributed by atoms with Gasteiger partial charge in [0, 0.05) is 31.6 Å². The van der Waals surface area contributed by atoms with Crippen molar-refractivity contribution in [2.24, 2.45) is 0 Å². The third-order valence-corrected chi connectivity index (χ3v) is 54.0. The Kier molecular flexibility index (Phi) is 4.53. The van der Waals surface area contributed by atoms with Crippen molar-refractivity contribution < 1.29 is 0 Å². The van der Waals surface area contributed by atoms with Crippen LogP contribution in [0, 0.1) is 0 Å². The first-order chi connectivity index (χ1) is 4.83. The smallest absolute Gasteiger partial charge is 0.0280 e. The number of hydrogen-bond donors (Lipinski definition) is 0. The molecule has 0 aliphatic rings. The molecule has 3 radical (unpaired) electrons. The van der Waals surface area contributed by atoms with Crippen LogP contribution in [0.5, 0.6) is 0 Å². The van der Waals surface area contributed by atoms with E-state index in [2.05, 4.69) is 45.8 Å². The van der Waals surface area contributed by atoms with Gasteiger partial charge < -0.3 is 0 Å². The zero-order valence-corrected chi connectivity index (χ0v) is 13.0. The summed E-state index contributed by atoms with van der Waals surface area (Å²) >= 11 is 0. The van der Waals surface area contributed by atoms with Crippen molar-refractivity contribution in [2.45, 2.75) is 45.8 Å². The maximum Gasteiger partial charge on any atom is 0.0280 e. The van der Waals surface area contributed by atoms with E-state index in [1.54, 1.807) is 0 Å². The van der Waals surface area contributed by atoms with Crippen LogP contribution in [0.25, 0.3) is 0 Å². The molecule has 0 N–H and O–H groups in total. The van der Waals surface area contributed by atoms with Gasteiger partial charge >= 0.3 is 0 Å². The molecule has 0 aliphatic carbocycles. The largest absolute Gasteiger partial charge is 0.0752 e. The monoisotopic (exact) mass is 217 g/mol. The standard InChI is InChI=1S/C7H21Si4/c1-8(2)11(7,9(3)4)10(5)6/h1-7H3. The lowest BCUT2D eigenvalue weighted by Gasteiger charge is -2.37. The maximum absolute atomic E-state index is 2.68. The number of rotatable bonds is 3. The van der Waals surface area contributed by atoms with E-state index in [-0.39, 0.29) is 24.9 Å². The van der Waals surface area contributed by atoms with Gasteiger partial charge in [0.1, 0.15) is 0 Å². The zero-order chi connectivity index (χ0) is 9.23. The molecule has 0 saturated heterocycles.